The molecule has 2 rings (SSSR count). The average molecular weight is 266 g/mol. The van der Waals surface area contributed by atoms with Crippen LogP contribution in [0.4, 0.5) is 10.1 Å². The van der Waals surface area contributed by atoms with Crippen LogP contribution in [0.2, 0.25) is 0 Å². The van der Waals surface area contributed by atoms with Gasteiger partial charge in [-0.1, -0.05) is 0 Å². The maximum Gasteiger partial charge on any atom is 0.164 e. The van der Waals surface area contributed by atoms with Crippen LogP contribution < -0.4 is 5.32 Å². The van der Waals surface area contributed by atoms with E-state index in [1.807, 2.05) is 0 Å². The molecule has 1 unspecified atom stereocenters. The quantitative estimate of drug-likeness (QED) is 0.878. The Kier molecular flexibility index (Phi) is 5.10. The first-order valence-electron chi connectivity index (χ1n) is 6.93. The standard InChI is InChI=1S/C14H23FN4/c1-12(19-9-7-18(2)8-10-19)3-6-17-14-4-5-16-11-13(14)15/h4-5,11-12H,3,6-10H2,1-2H3,(H,16,17). The molecule has 1 aliphatic rings. The van der Waals surface area contributed by atoms with E-state index in [0.29, 0.717) is 11.7 Å². The van der Waals surface area contributed by atoms with Gasteiger partial charge in [-0.15, -0.1) is 0 Å². The van der Waals surface area contributed by atoms with Crippen molar-refractivity contribution in [1.82, 2.24) is 14.8 Å². The number of anilines is 1. The maximum absolute atomic E-state index is 13.4. The van der Waals surface area contributed by atoms with Gasteiger partial charge < -0.3 is 10.2 Å². The van der Waals surface area contributed by atoms with E-state index in [-0.39, 0.29) is 5.82 Å². The summed E-state index contributed by atoms with van der Waals surface area (Å²) >= 11 is 0. The van der Waals surface area contributed by atoms with Gasteiger partial charge in [0, 0.05) is 45.0 Å². The number of likely N-dealkylation sites (N-methyl/N-ethyl adjacent to an activating group) is 1. The summed E-state index contributed by atoms with van der Waals surface area (Å²) in [6.07, 6.45) is 3.87. The molecule has 2 heterocycles. The highest BCUT2D eigenvalue weighted by Gasteiger charge is 2.18. The molecule has 0 aliphatic carbocycles. The largest absolute Gasteiger partial charge is 0.383 e. The minimum atomic E-state index is -0.283. The van der Waals surface area contributed by atoms with Crippen molar-refractivity contribution in [2.24, 2.45) is 0 Å². The molecule has 0 spiro atoms. The summed E-state index contributed by atoms with van der Waals surface area (Å²) in [5, 5.41) is 3.14. The highest BCUT2D eigenvalue weighted by atomic mass is 19.1. The zero-order valence-electron chi connectivity index (χ0n) is 11.8. The minimum absolute atomic E-state index is 0.283. The van der Waals surface area contributed by atoms with Gasteiger partial charge in [0.25, 0.3) is 0 Å². The highest BCUT2D eigenvalue weighted by Crippen LogP contribution is 2.12. The zero-order valence-corrected chi connectivity index (χ0v) is 11.8. The molecule has 0 radical (unpaired) electrons. The second-order valence-corrected chi connectivity index (χ2v) is 5.26. The van der Waals surface area contributed by atoms with Crippen LogP contribution in [0.25, 0.3) is 0 Å². The Morgan fingerprint density at radius 3 is 2.79 bits per heavy atom. The van der Waals surface area contributed by atoms with E-state index < -0.39 is 0 Å². The van der Waals surface area contributed by atoms with Crippen LogP contribution in [0.3, 0.4) is 0 Å². The molecule has 0 bridgehead atoms. The predicted molar refractivity (Wildman–Crippen MR) is 75.8 cm³/mol. The van der Waals surface area contributed by atoms with E-state index in [9.17, 15) is 4.39 Å². The molecule has 5 heteroatoms. The molecule has 0 aromatic carbocycles. The summed E-state index contributed by atoms with van der Waals surface area (Å²) in [6, 6.07) is 2.21. The minimum Gasteiger partial charge on any atom is -0.383 e. The van der Waals surface area contributed by atoms with E-state index in [1.165, 1.54) is 6.20 Å². The Bertz CT molecular complexity index is 391. The summed E-state index contributed by atoms with van der Waals surface area (Å²) < 4.78 is 13.4. The number of aromatic nitrogens is 1. The first-order chi connectivity index (χ1) is 9.16. The second kappa shape index (κ2) is 6.82. The number of hydrogen-bond donors (Lipinski definition) is 1. The van der Waals surface area contributed by atoms with Gasteiger partial charge >= 0.3 is 0 Å². The van der Waals surface area contributed by atoms with Gasteiger partial charge in [0.2, 0.25) is 0 Å². The molecule has 1 saturated heterocycles. The van der Waals surface area contributed by atoms with Crippen LogP contribution in [-0.4, -0.2) is 60.6 Å². The van der Waals surface area contributed by atoms with Gasteiger partial charge in [-0.3, -0.25) is 9.88 Å². The van der Waals surface area contributed by atoms with Crippen LogP contribution in [0.1, 0.15) is 13.3 Å². The number of rotatable bonds is 5. The van der Waals surface area contributed by atoms with Crippen molar-refractivity contribution in [3.05, 3.63) is 24.3 Å². The first kappa shape index (κ1) is 14.2. The highest BCUT2D eigenvalue weighted by molar-refractivity contribution is 5.42. The lowest BCUT2D eigenvalue weighted by atomic mass is 10.1. The Morgan fingerprint density at radius 2 is 2.11 bits per heavy atom. The SMILES string of the molecule is CC(CCNc1ccncc1F)N1CCN(C)CC1. The molecular weight excluding hydrogens is 243 g/mol. The van der Waals surface area contributed by atoms with Gasteiger partial charge in [-0.05, 0) is 26.5 Å². The van der Waals surface area contributed by atoms with Gasteiger partial charge in [0.15, 0.2) is 5.82 Å². The van der Waals surface area contributed by atoms with Crippen LogP contribution >= 0.6 is 0 Å². The van der Waals surface area contributed by atoms with Gasteiger partial charge in [-0.25, -0.2) is 4.39 Å². The molecule has 1 atom stereocenters. The van der Waals surface area contributed by atoms with Crippen LogP contribution in [0, 0.1) is 5.82 Å². The fourth-order valence-corrected chi connectivity index (χ4v) is 2.38. The second-order valence-electron chi connectivity index (χ2n) is 5.26. The van der Waals surface area contributed by atoms with Crippen LogP contribution in [0.5, 0.6) is 0 Å². The van der Waals surface area contributed by atoms with Gasteiger partial charge in [-0.2, -0.15) is 0 Å². The van der Waals surface area contributed by atoms with Crippen molar-refractivity contribution in [2.75, 3.05) is 45.1 Å². The molecule has 1 aromatic heterocycles. The third kappa shape index (κ3) is 4.14. The summed E-state index contributed by atoms with van der Waals surface area (Å²) in [4.78, 5) is 8.60. The van der Waals surface area contributed by atoms with E-state index in [4.69, 9.17) is 0 Å². The van der Waals surface area contributed by atoms with E-state index in [0.717, 1.165) is 39.1 Å². The van der Waals surface area contributed by atoms with Crippen molar-refractivity contribution in [2.45, 2.75) is 19.4 Å². The van der Waals surface area contributed by atoms with Crippen LogP contribution in [-0.2, 0) is 0 Å². The topological polar surface area (TPSA) is 31.4 Å². The number of piperazine rings is 1. The Hall–Kier alpha value is -1.20. The van der Waals surface area contributed by atoms with Crippen molar-refractivity contribution in [3.8, 4) is 0 Å². The lowest BCUT2D eigenvalue weighted by Crippen LogP contribution is -2.48. The van der Waals surface area contributed by atoms with E-state index >= 15 is 0 Å². The Labute approximate surface area is 114 Å². The summed E-state index contributed by atoms with van der Waals surface area (Å²) in [5.74, 6) is -0.283. The lowest BCUT2D eigenvalue weighted by Gasteiger charge is -2.36. The number of hydrogen-bond acceptors (Lipinski definition) is 4. The molecule has 1 N–H and O–H groups in total. The summed E-state index contributed by atoms with van der Waals surface area (Å²) in [6.45, 7) is 7.56. The third-order valence-corrected chi connectivity index (χ3v) is 3.81. The summed E-state index contributed by atoms with van der Waals surface area (Å²) in [5.41, 5.74) is 0.542. The normalized spacial score (nSPS) is 19.3. The third-order valence-electron chi connectivity index (χ3n) is 3.81. The monoisotopic (exact) mass is 266 g/mol. The number of nitrogens with one attached hydrogen (secondary N) is 1. The first-order valence-corrected chi connectivity index (χ1v) is 6.93. The molecule has 4 nitrogen and oxygen atoms in total. The van der Waals surface area contributed by atoms with E-state index in [1.54, 1.807) is 12.3 Å². The van der Waals surface area contributed by atoms with Gasteiger partial charge in [0.05, 0.1) is 11.9 Å². The van der Waals surface area contributed by atoms with E-state index in [2.05, 4.69) is 34.1 Å². The predicted octanol–water partition coefficient (Wildman–Crippen LogP) is 1.66. The van der Waals surface area contributed by atoms with Crippen molar-refractivity contribution in [1.29, 1.82) is 0 Å². The molecule has 1 aliphatic heterocycles. The number of halogens is 1. The maximum atomic E-state index is 13.4. The molecule has 0 saturated carbocycles. The fourth-order valence-electron chi connectivity index (χ4n) is 2.38. The Morgan fingerprint density at radius 1 is 1.37 bits per heavy atom. The van der Waals surface area contributed by atoms with Crippen molar-refractivity contribution >= 4 is 5.69 Å². The fraction of sp³-hybridized carbons (Fsp3) is 0.643. The number of nitrogens with zero attached hydrogens (tertiary/aromatic N) is 3. The average Bonchev–Trinajstić information content (AvgIpc) is 2.41. The number of pyridine rings is 1. The smallest absolute Gasteiger partial charge is 0.164 e. The molecule has 0 amide bonds. The van der Waals surface area contributed by atoms with Crippen molar-refractivity contribution in [3.63, 3.8) is 0 Å². The lowest BCUT2D eigenvalue weighted by molar-refractivity contribution is 0.116. The zero-order chi connectivity index (χ0) is 13.7. The summed E-state index contributed by atoms with van der Waals surface area (Å²) in [7, 11) is 2.16. The molecule has 1 fully saturated rings. The molecular formula is C14H23FN4. The molecule has 19 heavy (non-hydrogen) atoms. The Balaban J connectivity index is 1.72. The van der Waals surface area contributed by atoms with Crippen molar-refractivity contribution < 1.29 is 4.39 Å². The van der Waals surface area contributed by atoms with Crippen LogP contribution in [0.15, 0.2) is 18.5 Å². The molecule has 106 valence electrons. The van der Waals surface area contributed by atoms with Gasteiger partial charge in [0.1, 0.15) is 0 Å². The molecule has 1 aromatic rings.